The molecule has 2 heterocycles. The van der Waals surface area contributed by atoms with Crippen LogP contribution >= 0.6 is 15.9 Å². The van der Waals surface area contributed by atoms with Crippen LogP contribution in [0.3, 0.4) is 0 Å². The Balaban J connectivity index is 1.94. The molecule has 2 fully saturated rings. The number of fused-ring (bicyclic) bond motifs is 2. The van der Waals surface area contributed by atoms with Crippen LogP contribution in [0.2, 0.25) is 0 Å². The van der Waals surface area contributed by atoms with E-state index in [1.54, 1.807) is 0 Å². The molecule has 0 spiro atoms. The molecule has 2 aliphatic rings. The SMILES string of the molecule is C[C@@]12CC[C@@H]([C@@H](Br)C1)N2C(=O)c1ccccc1. The minimum atomic E-state index is 0.0613. The van der Waals surface area contributed by atoms with Gasteiger partial charge in [0.25, 0.3) is 5.91 Å². The maximum absolute atomic E-state index is 12.6. The third-order valence-electron chi connectivity index (χ3n) is 4.18. The summed E-state index contributed by atoms with van der Waals surface area (Å²) in [5, 5.41) is 0. The second-order valence-corrected chi connectivity index (χ2v) is 6.54. The molecule has 1 amide bonds. The zero-order chi connectivity index (χ0) is 12.0. The number of benzene rings is 1. The summed E-state index contributed by atoms with van der Waals surface area (Å²) < 4.78 is 0. The van der Waals surface area contributed by atoms with E-state index in [1.807, 2.05) is 30.3 Å². The van der Waals surface area contributed by atoms with Gasteiger partial charge in [0.1, 0.15) is 0 Å². The monoisotopic (exact) mass is 293 g/mol. The van der Waals surface area contributed by atoms with E-state index in [-0.39, 0.29) is 11.4 Å². The largest absolute Gasteiger partial charge is 0.329 e. The van der Waals surface area contributed by atoms with Crippen molar-refractivity contribution in [1.29, 1.82) is 0 Å². The molecule has 17 heavy (non-hydrogen) atoms. The van der Waals surface area contributed by atoms with Crippen molar-refractivity contribution >= 4 is 21.8 Å². The average molecular weight is 294 g/mol. The van der Waals surface area contributed by atoms with Crippen molar-refractivity contribution in [2.45, 2.75) is 42.6 Å². The van der Waals surface area contributed by atoms with Gasteiger partial charge in [0.15, 0.2) is 0 Å². The Hall–Kier alpha value is -0.830. The molecular formula is C14H16BrNO. The number of hydrogen-bond donors (Lipinski definition) is 0. The minimum absolute atomic E-state index is 0.0613. The summed E-state index contributed by atoms with van der Waals surface area (Å²) in [5.41, 5.74) is 0.874. The summed E-state index contributed by atoms with van der Waals surface area (Å²) in [5.74, 6) is 0.192. The first-order valence-electron chi connectivity index (χ1n) is 6.15. The zero-order valence-electron chi connectivity index (χ0n) is 9.90. The highest BCUT2D eigenvalue weighted by atomic mass is 79.9. The van der Waals surface area contributed by atoms with Crippen molar-refractivity contribution in [2.24, 2.45) is 0 Å². The second-order valence-electron chi connectivity index (χ2n) is 5.36. The molecule has 1 aromatic carbocycles. The van der Waals surface area contributed by atoms with Crippen molar-refractivity contribution in [3.63, 3.8) is 0 Å². The number of amides is 1. The van der Waals surface area contributed by atoms with Gasteiger partial charge in [-0.2, -0.15) is 0 Å². The summed E-state index contributed by atoms with van der Waals surface area (Å²) in [6, 6.07) is 10.0. The fourth-order valence-electron chi connectivity index (χ4n) is 3.32. The second kappa shape index (κ2) is 3.84. The van der Waals surface area contributed by atoms with Crippen LogP contribution in [-0.4, -0.2) is 27.2 Å². The molecule has 0 radical (unpaired) electrons. The lowest BCUT2D eigenvalue weighted by molar-refractivity contribution is 0.0641. The number of nitrogens with zero attached hydrogens (tertiary/aromatic N) is 1. The van der Waals surface area contributed by atoms with Crippen molar-refractivity contribution < 1.29 is 4.79 Å². The number of rotatable bonds is 1. The van der Waals surface area contributed by atoms with Gasteiger partial charge >= 0.3 is 0 Å². The molecule has 3 rings (SSSR count). The molecule has 0 unspecified atom stereocenters. The third kappa shape index (κ3) is 1.63. The number of carbonyl (C=O) groups is 1. The first kappa shape index (κ1) is 11.3. The van der Waals surface area contributed by atoms with E-state index in [0.29, 0.717) is 10.9 Å². The molecule has 2 saturated heterocycles. The Bertz CT molecular complexity index is 447. The topological polar surface area (TPSA) is 20.3 Å². The zero-order valence-corrected chi connectivity index (χ0v) is 11.5. The normalized spacial score (nSPS) is 35.3. The van der Waals surface area contributed by atoms with Crippen LogP contribution in [0.5, 0.6) is 0 Å². The van der Waals surface area contributed by atoms with Crippen molar-refractivity contribution in [3.8, 4) is 0 Å². The average Bonchev–Trinajstić information content (AvgIpc) is 2.78. The van der Waals surface area contributed by atoms with Crippen LogP contribution in [0.25, 0.3) is 0 Å². The Morgan fingerprint density at radius 2 is 2.12 bits per heavy atom. The lowest BCUT2D eigenvalue weighted by Gasteiger charge is -2.31. The first-order chi connectivity index (χ1) is 8.12. The van der Waals surface area contributed by atoms with E-state index in [0.717, 1.165) is 24.8 Å². The predicted octanol–water partition coefficient (Wildman–Crippen LogP) is 3.22. The van der Waals surface area contributed by atoms with E-state index >= 15 is 0 Å². The summed E-state index contributed by atoms with van der Waals surface area (Å²) in [7, 11) is 0. The Kier molecular flexibility index (Phi) is 2.54. The summed E-state index contributed by atoms with van der Waals surface area (Å²) in [6.07, 6.45) is 3.35. The van der Waals surface area contributed by atoms with Gasteiger partial charge in [0.05, 0.1) is 0 Å². The van der Waals surface area contributed by atoms with Crippen molar-refractivity contribution in [1.82, 2.24) is 4.90 Å². The highest BCUT2D eigenvalue weighted by Crippen LogP contribution is 2.49. The molecule has 0 saturated carbocycles. The lowest BCUT2D eigenvalue weighted by atomic mass is 9.89. The minimum Gasteiger partial charge on any atom is -0.329 e. The fourth-order valence-corrected chi connectivity index (χ4v) is 4.52. The summed E-state index contributed by atoms with van der Waals surface area (Å²) >= 11 is 3.72. The molecular weight excluding hydrogens is 278 g/mol. The summed E-state index contributed by atoms with van der Waals surface area (Å²) in [4.78, 5) is 15.1. The van der Waals surface area contributed by atoms with E-state index < -0.39 is 0 Å². The van der Waals surface area contributed by atoms with Crippen LogP contribution < -0.4 is 0 Å². The van der Waals surface area contributed by atoms with Gasteiger partial charge in [-0.3, -0.25) is 4.79 Å². The molecule has 1 aromatic rings. The highest BCUT2D eigenvalue weighted by molar-refractivity contribution is 9.09. The molecule has 0 aliphatic carbocycles. The van der Waals surface area contributed by atoms with Gasteiger partial charge in [-0.1, -0.05) is 34.1 Å². The molecule has 0 N–H and O–H groups in total. The molecule has 90 valence electrons. The number of halogens is 1. The third-order valence-corrected chi connectivity index (χ3v) is 5.12. The smallest absolute Gasteiger partial charge is 0.254 e. The molecule has 3 heteroatoms. The van der Waals surface area contributed by atoms with Gasteiger partial charge in [-0.15, -0.1) is 0 Å². The molecule has 2 nitrogen and oxygen atoms in total. The highest BCUT2D eigenvalue weighted by Gasteiger charge is 2.55. The predicted molar refractivity (Wildman–Crippen MR) is 71.4 cm³/mol. The Morgan fingerprint density at radius 1 is 1.41 bits per heavy atom. The molecule has 3 atom stereocenters. The number of alkyl halides is 1. The van der Waals surface area contributed by atoms with Gasteiger partial charge in [0.2, 0.25) is 0 Å². The lowest BCUT2D eigenvalue weighted by Crippen LogP contribution is -2.43. The molecule has 2 bridgehead atoms. The van der Waals surface area contributed by atoms with Crippen molar-refractivity contribution in [2.75, 3.05) is 0 Å². The van der Waals surface area contributed by atoms with Crippen LogP contribution in [0.4, 0.5) is 0 Å². The quantitative estimate of drug-likeness (QED) is 0.728. The first-order valence-corrected chi connectivity index (χ1v) is 7.06. The number of hydrogen-bond acceptors (Lipinski definition) is 1. The molecule has 0 aromatic heterocycles. The van der Waals surface area contributed by atoms with Crippen LogP contribution in [0.15, 0.2) is 30.3 Å². The van der Waals surface area contributed by atoms with Crippen molar-refractivity contribution in [3.05, 3.63) is 35.9 Å². The number of carbonyl (C=O) groups excluding carboxylic acids is 1. The Labute approximate surface area is 110 Å². The maximum atomic E-state index is 12.6. The van der Waals surface area contributed by atoms with E-state index in [4.69, 9.17) is 0 Å². The van der Waals surface area contributed by atoms with E-state index in [9.17, 15) is 4.79 Å². The fraction of sp³-hybridized carbons (Fsp3) is 0.500. The maximum Gasteiger partial charge on any atom is 0.254 e. The van der Waals surface area contributed by atoms with Crippen LogP contribution in [0, 0.1) is 0 Å². The van der Waals surface area contributed by atoms with Gasteiger partial charge in [0, 0.05) is 22.0 Å². The van der Waals surface area contributed by atoms with Gasteiger partial charge in [-0.05, 0) is 38.3 Å². The molecule has 2 aliphatic heterocycles. The standard InChI is InChI=1S/C14H16BrNO/c1-14-8-7-12(11(15)9-14)16(14)13(17)10-5-3-2-4-6-10/h2-6,11-12H,7-9H2,1H3/t11-,12-,14+/m0/s1. The van der Waals surface area contributed by atoms with E-state index in [2.05, 4.69) is 27.8 Å². The van der Waals surface area contributed by atoms with Crippen LogP contribution in [0.1, 0.15) is 36.5 Å². The van der Waals surface area contributed by atoms with Gasteiger partial charge in [-0.25, -0.2) is 0 Å². The van der Waals surface area contributed by atoms with E-state index in [1.165, 1.54) is 0 Å². The Morgan fingerprint density at radius 3 is 2.65 bits per heavy atom. The van der Waals surface area contributed by atoms with Gasteiger partial charge < -0.3 is 4.90 Å². The van der Waals surface area contributed by atoms with Crippen LogP contribution in [-0.2, 0) is 0 Å². The summed E-state index contributed by atoms with van der Waals surface area (Å²) in [6.45, 7) is 2.22.